The highest BCUT2D eigenvalue weighted by molar-refractivity contribution is 6.36. The van der Waals surface area contributed by atoms with Gasteiger partial charge in [-0.1, -0.05) is 53.0 Å². The molecule has 0 aromatic heterocycles. The minimum atomic E-state index is -0.423. The third-order valence-electron chi connectivity index (χ3n) is 3.45. The summed E-state index contributed by atoms with van der Waals surface area (Å²) in [6.45, 7) is 3.74. The van der Waals surface area contributed by atoms with Gasteiger partial charge in [0.15, 0.2) is 0 Å². The Labute approximate surface area is 150 Å². The molecule has 122 valence electrons. The monoisotopic (exact) mass is 370 g/mol. The van der Waals surface area contributed by atoms with Crippen LogP contribution in [0.1, 0.15) is 25.5 Å². The van der Waals surface area contributed by atoms with Crippen molar-refractivity contribution in [2.45, 2.75) is 25.9 Å². The van der Waals surface area contributed by atoms with Crippen LogP contribution in [-0.4, -0.2) is 11.9 Å². The van der Waals surface area contributed by atoms with Crippen LogP contribution in [0.15, 0.2) is 42.5 Å². The van der Waals surface area contributed by atoms with Crippen molar-refractivity contribution in [2.75, 3.05) is 5.32 Å². The van der Waals surface area contributed by atoms with Crippen molar-refractivity contribution < 1.29 is 4.79 Å². The number of amides is 1. The molecule has 0 fully saturated rings. The first-order valence-corrected chi connectivity index (χ1v) is 8.28. The van der Waals surface area contributed by atoms with E-state index in [-0.39, 0.29) is 11.9 Å². The minimum absolute atomic E-state index is 0.0647. The van der Waals surface area contributed by atoms with E-state index in [1.807, 2.05) is 31.2 Å². The third kappa shape index (κ3) is 4.85. The zero-order chi connectivity index (χ0) is 17.0. The molecule has 0 heterocycles. The molecule has 1 amide bonds. The Morgan fingerprint density at radius 2 is 1.70 bits per heavy atom. The summed E-state index contributed by atoms with van der Waals surface area (Å²) in [5, 5.41) is 7.59. The molecule has 2 aromatic rings. The Kier molecular flexibility index (Phi) is 6.31. The van der Waals surface area contributed by atoms with Gasteiger partial charge in [0.05, 0.1) is 16.8 Å². The number of carbonyl (C=O) groups is 1. The molecule has 0 radical (unpaired) electrons. The van der Waals surface area contributed by atoms with Gasteiger partial charge in [-0.2, -0.15) is 0 Å². The fourth-order valence-electron chi connectivity index (χ4n) is 2.20. The molecule has 0 bridgehead atoms. The summed E-state index contributed by atoms with van der Waals surface area (Å²) >= 11 is 18.1. The summed E-state index contributed by atoms with van der Waals surface area (Å²) in [6.07, 6.45) is 0. The fourth-order valence-corrected chi connectivity index (χ4v) is 2.95. The zero-order valence-corrected chi connectivity index (χ0v) is 15.0. The first-order valence-electron chi connectivity index (χ1n) is 7.15. The average Bonchev–Trinajstić information content (AvgIpc) is 2.50. The third-order valence-corrected chi connectivity index (χ3v) is 4.35. The van der Waals surface area contributed by atoms with Crippen molar-refractivity contribution in [3.63, 3.8) is 0 Å². The van der Waals surface area contributed by atoms with Crippen LogP contribution in [0.3, 0.4) is 0 Å². The maximum atomic E-state index is 12.3. The Morgan fingerprint density at radius 3 is 2.35 bits per heavy atom. The molecule has 6 heteroatoms. The van der Waals surface area contributed by atoms with Gasteiger partial charge in [-0.25, -0.2) is 0 Å². The maximum absolute atomic E-state index is 12.3. The topological polar surface area (TPSA) is 41.1 Å². The highest BCUT2D eigenvalue weighted by Gasteiger charge is 2.18. The quantitative estimate of drug-likeness (QED) is 0.746. The minimum Gasteiger partial charge on any atom is -0.323 e. The fraction of sp³-hybridized carbons (Fsp3) is 0.235. The summed E-state index contributed by atoms with van der Waals surface area (Å²) in [4.78, 5) is 12.3. The predicted molar refractivity (Wildman–Crippen MR) is 97.6 cm³/mol. The van der Waals surface area contributed by atoms with E-state index in [4.69, 9.17) is 34.8 Å². The number of hydrogen-bond acceptors (Lipinski definition) is 2. The standard InChI is InChI=1S/C17H17Cl3N2O/c1-10(13-5-3-4-6-14(13)19)21-11(2)17(23)22-16-8-7-12(18)9-15(16)20/h3-11,21H,1-2H3,(H,22,23)/t10-,11-/m0/s1. The van der Waals surface area contributed by atoms with Crippen molar-refractivity contribution in [3.8, 4) is 0 Å². The number of halogens is 3. The lowest BCUT2D eigenvalue weighted by Crippen LogP contribution is -2.39. The summed E-state index contributed by atoms with van der Waals surface area (Å²) < 4.78 is 0. The molecule has 0 unspecified atom stereocenters. The van der Waals surface area contributed by atoms with Gasteiger partial charge in [0.25, 0.3) is 0 Å². The molecule has 0 aliphatic rings. The largest absolute Gasteiger partial charge is 0.323 e. The van der Waals surface area contributed by atoms with E-state index in [1.165, 1.54) is 0 Å². The lowest BCUT2D eigenvalue weighted by atomic mass is 10.1. The van der Waals surface area contributed by atoms with E-state index in [9.17, 15) is 4.79 Å². The molecule has 0 saturated heterocycles. The van der Waals surface area contributed by atoms with Crippen LogP contribution in [-0.2, 0) is 4.79 Å². The molecule has 0 aliphatic heterocycles. The van der Waals surface area contributed by atoms with Crippen molar-refractivity contribution in [2.24, 2.45) is 0 Å². The average molecular weight is 372 g/mol. The van der Waals surface area contributed by atoms with Gasteiger partial charge in [0.2, 0.25) is 5.91 Å². The Morgan fingerprint density at radius 1 is 1.00 bits per heavy atom. The Hall–Kier alpha value is -1.26. The highest BCUT2D eigenvalue weighted by atomic mass is 35.5. The second kappa shape index (κ2) is 8.02. The van der Waals surface area contributed by atoms with E-state index < -0.39 is 6.04 Å². The SMILES string of the molecule is C[C@H](N[C@@H](C)c1ccccc1Cl)C(=O)Nc1ccc(Cl)cc1Cl. The Balaban J connectivity index is 2.01. The normalized spacial score (nSPS) is 13.4. The van der Waals surface area contributed by atoms with E-state index in [0.29, 0.717) is 20.8 Å². The van der Waals surface area contributed by atoms with Crippen LogP contribution >= 0.6 is 34.8 Å². The van der Waals surface area contributed by atoms with E-state index in [1.54, 1.807) is 25.1 Å². The number of hydrogen-bond donors (Lipinski definition) is 2. The van der Waals surface area contributed by atoms with Crippen molar-refractivity contribution >= 4 is 46.4 Å². The van der Waals surface area contributed by atoms with Gasteiger partial charge in [-0.3, -0.25) is 10.1 Å². The predicted octanol–water partition coefficient (Wildman–Crippen LogP) is 5.32. The van der Waals surface area contributed by atoms with Gasteiger partial charge >= 0.3 is 0 Å². The van der Waals surface area contributed by atoms with E-state index in [0.717, 1.165) is 5.56 Å². The second-order valence-electron chi connectivity index (χ2n) is 5.24. The summed E-state index contributed by atoms with van der Waals surface area (Å²) in [5.74, 6) is -0.187. The second-order valence-corrected chi connectivity index (χ2v) is 6.50. The molecule has 2 atom stereocenters. The first kappa shape index (κ1) is 18.1. The molecular formula is C17H17Cl3N2O. The van der Waals surface area contributed by atoms with Crippen LogP contribution in [0.4, 0.5) is 5.69 Å². The van der Waals surface area contributed by atoms with Crippen molar-refractivity contribution in [3.05, 3.63) is 63.1 Å². The van der Waals surface area contributed by atoms with Crippen molar-refractivity contribution in [1.82, 2.24) is 5.32 Å². The van der Waals surface area contributed by atoms with E-state index >= 15 is 0 Å². The van der Waals surface area contributed by atoms with Crippen LogP contribution in [0.2, 0.25) is 15.1 Å². The molecule has 0 aliphatic carbocycles. The molecule has 2 aromatic carbocycles. The Bertz CT molecular complexity index is 706. The van der Waals surface area contributed by atoms with Crippen LogP contribution in [0, 0.1) is 0 Å². The lowest BCUT2D eigenvalue weighted by molar-refractivity contribution is -0.117. The molecule has 2 rings (SSSR count). The van der Waals surface area contributed by atoms with Crippen molar-refractivity contribution in [1.29, 1.82) is 0 Å². The van der Waals surface area contributed by atoms with Gasteiger partial charge in [0, 0.05) is 16.1 Å². The molecule has 23 heavy (non-hydrogen) atoms. The number of rotatable bonds is 5. The lowest BCUT2D eigenvalue weighted by Gasteiger charge is -2.21. The maximum Gasteiger partial charge on any atom is 0.241 e. The number of anilines is 1. The summed E-state index contributed by atoms with van der Waals surface area (Å²) in [5.41, 5.74) is 1.47. The zero-order valence-electron chi connectivity index (χ0n) is 12.7. The van der Waals surface area contributed by atoms with Crippen LogP contribution in [0.25, 0.3) is 0 Å². The van der Waals surface area contributed by atoms with Gasteiger partial charge < -0.3 is 5.32 Å². The van der Waals surface area contributed by atoms with Gasteiger partial charge in [0.1, 0.15) is 0 Å². The first-order chi connectivity index (χ1) is 10.9. The van der Waals surface area contributed by atoms with Gasteiger partial charge in [-0.05, 0) is 43.7 Å². The molecule has 3 nitrogen and oxygen atoms in total. The molecule has 2 N–H and O–H groups in total. The van der Waals surface area contributed by atoms with E-state index in [2.05, 4.69) is 10.6 Å². The molecule has 0 spiro atoms. The van der Waals surface area contributed by atoms with Crippen LogP contribution < -0.4 is 10.6 Å². The summed E-state index contributed by atoms with van der Waals surface area (Å²) in [7, 11) is 0. The smallest absolute Gasteiger partial charge is 0.241 e. The molecular weight excluding hydrogens is 355 g/mol. The highest BCUT2D eigenvalue weighted by Crippen LogP contribution is 2.26. The van der Waals surface area contributed by atoms with Gasteiger partial charge in [-0.15, -0.1) is 0 Å². The van der Waals surface area contributed by atoms with Crippen LogP contribution in [0.5, 0.6) is 0 Å². The number of benzene rings is 2. The molecule has 0 saturated carbocycles. The number of carbonyl (C=O) groups excluding carboxylic acids is 1. The summed E-state index contributed by atoms with van der Waals surface area (Å²) in [6, 6.07) is 12.0. The number of nitrogens with one attached hydrogen (secondary N) is 2.